The highest BCUT2D eigenvalue weighted by Crippen LogP contribution is 1.99. The van der Waals surface area contributed by atoms with Crippen molar-refractivity contribution < 1.29 is 9.36 Å². The lowest BCUT2D eigenvalue weighted by molar-refractivity contribution is -0.690. The Morgan fingerprint density at radius 1 is 1.47 bits per heavy atom. The fourth-order valence-electron chi connectivity index (χ4n) is 1.90. The molecule has 1 rings (SSSR count). The maximum atomic E-state index is 11.8. The number of nitrogens with one attached hydrogen (secondary N) is 1. The van der Waals surface area contributed by atoms with E-state index in [1.807, 2.05) is 23.8 Å². The van der Waals surface area contributed by atoms with Crippen molar-refractivity contribution in [3.8, 4) is 0 Å². The average Bonchev–Trinajstić information content (AvgIpc) is 2.25. The van der Waals surface area contributed by atoms with Gasteiger partial charge in [0.15, 0.2) is 11.9 Å². The first-order chi connectivity index (χ1) is 8.04. The molecule has 0 fully saturated rings. The number of carbonyl (C=O) groups excluding carboxylic acids is 1. The second kappa shape index (κ2) is 6.38. The van der Waals surface area contributed by atoms with Gasteiger partial charge in [-0.1, -0.05) is 13.3 Å². The van der Waals surface area contributed by atoms with Gasteiger partial charge in [-0.05, 0) is 26.3 Å². The summed E-state index contributed by atoms with van der Waals surface area (Å²) in [5.74, 6) is 0.0876. The standard InChI is InChI=1S/C14H22N2O/c1-5-7-12(3)15-14(17)10-16-9-6-8-11(2)13(16)4/h6,8-9,12H,5,7,10H2,1-4H3/p+1/t12-/m0/s1. The average molecular weight is 235 g/mol. The van der Waals surface area contributed by atoms with Crippen molar-refractivity contribution in [2.75, 3.05) is 0 Å². The minimum absolute atomic E-state index is 0.0876. The first-order valence-corrected chi connectivity index (χ1v) is 6.29. The summed E-state index contributed by atoms with van der Waals surface area (Å²) in [7, 11) is 0. The van der Waals surface area contributed by atoms with E-state index in [0.717, 1.165) is 18.5 Å². The zero-order valence-corrected chi connectivity index (χ0v) is 11.3. The van der Waals surface area contributed by atoms with Crippen molar-refractivity contribution in [3.63, 3.8) is 0 Å². The molecule has 0 saturated heterocycles. The van der Waals surface area contributed by atoms with Crippen molar-refractivity contribution >= 4 is 5.91 Å². The molecule has 0 saturated carbocycles. The maximum Gasteiger partial charge on any atom is 0.286 e. The Kier molecular flexibility index (Phi) is 5.13. The molecule has 0 aromatic carbocycles. The van der Waals surface area contributed by atoms with Crippen LogP contribution in [0.5, 0.6) is 0 Å². The minimum atomic E-state index is 0.0876. The van der Waals surface area contributed by atoms with Crippen LogP contribution in [0.1, 0.15) is 37.9 Å². The van der Waals surface area contributed by atoms with E-state index < -0.39 is 0 Å². The highest BCUT2D eigenvalue weighted by Gasteiger charge is 2.14. The highest BCUT2D eigenvalue weighted by molar-refractivity contribution is 5.74. The number of nitrogens with zero attached hydrogens (tertiary/aromatic N) is 1. The molecule has 0 aliphatic carbocycles. The zero-order valence-electron chi connectivity index (χ0n) is 11.3. The fraction of sp³-hybridized carbons (Fsp3) is 0.571. The van der Waals surface area contributed by atoms with Crippen LogP contribution in [-0.2, 0) is 11.3 Å². The van der Waals surface area contributed by atoms with Crippen LogP contribution in [0.4, 0.5) is 0 Å². The number of rotatable bonds is 5. The Morgan fingerprint density at radius 2 is 2.18 bits per heavy atom. The third-order valence-electron chi connectivity index (χ3n) is 3.06. The molecule has 1 aromatic heterocycles. The van der Waals surface area contributed by atoms with Gasteiger partial charge in [0.2, 0.25) is 6.54 Å². The first kappa shape index (κ1) is 13.7. The number of carbonyl (C=O) groups is 1. The molecule has 1 atom stereocenters. The Morgan fingerprint density at radius 3 is 2.82 bits per heavy atom. The van der Waals surface area contributed by atoms with Crippen LogP contribution in [0.2, 0.25) is 0 Å². The number of aryl methyl sites for hydroxylation is 1. The second-order valence-electron chi connectivity index (χ2n) is 4.66. The second-order valence-corrected chi connectivity index (χ2v) is 4.66. The predicted molar refractivity (Wildman–Crippen MR) is 68.6 cm³/mol. The van der Waals surface area contributed by atoms with Crippen LogP contribution >= 0.6 is 0 Å². The van der Waals surface area contributed by atoms with Gasteiger partial charge in [-0.15, -0.1) is 0 Å². The molecule has 0 aliphatic heterocycles. The van der Waals surface area contributed by atoms with Crippen molar-refractivity contribution in [2.24, 2.45) is 0 Å². The molecule has 0 aliphatic rings. The van der Waals surface area contributed by atoms with Gasteiger partial charge in [0, 0.05) is 24.6 Å². The molecule has 3 nitrogen and oxygen atoms in total. The lowest BCUT2D eigenvalue weighted by Crippen LogP contribution is -2.47. The molecule has 0 bridgehead atoms. The molecule has 94 valence electrons. The van der Waals surface area contributed by atoms with Gasteiger partial charge in [0.1, 0.15) is 0 Å². The zero-order chi connectivity index (χ0) is 12.8. The van der Waals surface area contributed by atoms with E-state index >= 15 is 0 Å². The Bertz CT molecular complexity index is 388. The molecule has 0 unspecified atom stereocenters. The lowest BCUT2D eigenvalue weighted by Gasteiger charge is -2.11. The Labute approximate surface area is 104 Å². The molecule has 1 heterocycles. The van der Waals surface area contributed by atoms with Crippen molar-refractivity contribution in [2.45, 2.75) is 53.1 Å². The number of aromatic nitrogens is 1. The number of hydrogen-bond donors (Lipinski definition) is 1. The topological polar surface area (TPSA) is 33.0 Å². The van der Waals surface area contributed by atoms with Gasteiger partial charge < -0.3 is 5.32 Å². The van der Waals surface area contributed by atoms with Crippen LogP contribution in [0, 0.1) is 13.8 Å². The van der Waals surface area contributed by atoms with Crippen molar-refractivity contribution in [1.82, 2.24) is 5.32 Å². The van der Waals surface area contributed by atoms with E-state index in [-0.39, 0.29) is 11.9 Å². The molecule has 0 spiro atoms. The largest absolute Gasteiger partial charge is 0.348 e. The summed E-state index contributed by atoms with van der Waals surface area (Å²) in [6, 6.07) is 4.30. The van der Waals surface area contributed by atoms with E-state index in [2.05, 4.69) is 32.2 Å². The van der Waals surface area contributed by atoms with Crippen LogP contribution in [0.25, 0.3) is 0 Å². The summed E-state index contributed by atoms with van der Waals surface area (Å²) in [6.07, 6.45) is 4.08. The maximum absolute atomic E-state index is 11.8. The fourth-order valence-corrected chi connectivity index (χ4v) is 1.90. The van der Waals surface area contributed by atoms with E-state index in [9.17, 15) is 4.79 Å². The van der Waals surface area contributed by atoms with E-state index in [0.29, 0.717) is 6.54 Å². The summed E-state index contributed by atoms with van der Waals surface area (Å²) >= 11 is 0. The number of amides is 1. The smallest absolute Gasteiger partial charge is 0.286 e. The summed E-state index contributed by atoms with van der Waals surface area (Å²) in [5.41, 5.74) is 2.35. The summed E-state index contributed by atoms with van der Waals surface area (Å²) in [5, 5.41) is 3.02. The number of hydrogen-bond acceptors (Lipinski definition) is 1. The molecule has 0 radical (unpaired) electrons. The molecule has 3 heteroatoms. The third-order valence-corrected chi connectivity index (χ3v) is 3.06. The van der Waals surface area contributed by atoms with E-state index in [1.54, 1.807) is 0 Å². The quantitative estimate of drug-likeness (QED) is 0.777. The molecular weight excluding hydrogens is 212 g/mol. The van der Waals surface area contributed by atoms with Crippen LogP contribution in [0.15, 0.2) is 18.3 Å². The van der Waals surface area contributed by atoms with Crippen molar-refractivity contribution in [1.29, 1.82) is 0 Å². The summed E-state index contributed by atoms with van der Waals surface area (Å²) in [6.45, 7) is 8.68. The molecule has 1 N–H and O–H groups in total. The van der Waals surface area contributed by atoms with Crippen LogP contribution < -0.4 is 9.88 Å². The monoisotopic (exact) mass is 235 g/mol. The third kappa shape index (κ3) is 4.17. The lowest BCUT2D eigenvalue weighted by atomic mass is 10.2. The molecule has 1 amide bonds. The summed E-state index contributed by atoms with van der Waals surface area (Å²) < 4.78 is 1.99. The minimum Gasteiger partial charge on any atom is -0.348 e. The molecular formula is C14H23N2O+. The number of pyridine rings is 1. The normalized spacial score (nSPS) is 12.2. The van der Waals surface area contributed by atoms with Gasteiger partial charge in [-0.3, -0.25) is 4.79 Å². The first-order valence-electron chi connectivity index (χ1n) is 6.29. The van der Waals surface area contributed by atoms with Gasteiger partial charge in [-0.25, -0.2) is 0 Å². The van der Waals surface area contributed by atoms with E-state index in [4.69, 9.17) is 0 Å². The van der Waals surface area contributed by atoms with Gasteiger partial charge >= 0.3 is 0 Å². The molecule has 1 aromatic rings. The van der Waals surface area contributed by atoms with E-state index in [1.165, 1.54) is 5.56 Å². The Hall–Kier alpha value is -1.38. The summed E-state index contributed by atoms with van der Waals surface area (Å²) in [4.78, 5) is 11.8. The predicted octanol–water partition coefficient (Wildman–Crippen LogP) is 1.90. The SMILES string of the molecule is CCC[C@H](C)NC(=O)C[n+]1cccc(C)c1C. The van der Waals surface area contributed by atoms with Crippen LogP contribution in [0.3, 0.4) is 0 Å². The highest BCUT2D eigenvalue weighted by atomic mass is 16.2. The van der Waals surface area contributed by atoms with Gasteiger partial charge in [-0.2, -0.15) is 4.57 Å². The Balaban J connectivity index is 2.59. The van der Waals surface area contributed by atoms with Crippen LogP contribution in [-0.4, -0.2) is 11.9 Å². The van der Waals surface area contributed by atoms with Crippen molar-refractivity contribution in [3.05, 3.63) is 29.6 Å². The van der Waals surface area contributed by atoms with Gasteiger partial charge in [0.05, 0.1) is 0 Å². The van der Waals surface area contributed by atoms with Gasteiger partial charge in [0.25, 0.3) is 5.91 Å². The molecule has 17 heavy (non-hydrogen) atoms.